The number of fused-ring (bicyclic) bond motifs is 1. The van der Waals surface area contributed by atoms with E-state index in [-0.39, 0.29) is 5.88 Å². The van der Waals surface area contributed by atoms with Crippen LogP contribution in [0.2, 0.25) is 0 Å². The molecule has 0 radical (unpaired) electrons. The predicted octanol–water partition coefficient (Wildman–Crippen LogP) is 3.14. The van der Waals surface area contributed by atoms with Crippen LogP contribution in [0.1, 0.15) is 40.5 Å². The molecule has 2 aromatic heterocycles. The number of rotatable bonds is 6. The maximum atomic E-state index is 11.7. The number of benzene rings is 2. The summed E-state index contributed by atoms with van der Waals surface area (Å²) in [6.07, 6.45) is 3.64. The second-order valence-corrected chi connectivity index (χ2v) is 6.90. The second-order valence-electron chi connectivity index (χ2n) is 6.90. The minimum Gasteiger partial charge on any atom is -0.494 e. The van der Waals surface area contributed by atoms with Gasteiger partial charge < -0.3 is 10.8 Å². The highest BCUT2D eigenvalue weighted by Gasteiger charge is 2.16. The number of hydrogen-bond donors (Lipinski definition) is 2. The van der Waals surface area contributed by atoms with Gasteiger partial charge in [0.15, 0.2) is 0 Å². The summed E-state index contributed by atoms with van der Waals surface area (Å²) in [5.74, 6) is 0.0619. The summed E-state index contributed by atoms with van der Waals surface area (Å²) in [5.41, 5.74) is 10.3. The number of primary amides is 1. The molecule has 7 nitrogen and oxygen atoms in total. The number of amides is 1. The van der Waals surface area contributed by atoms with Crippen molar-refractivity contribution in [2.24, 2.45) is 5.73 Å². The summed E-state index contributed by atoms with van der Waals surface area (Å²) < 4.78 is 1.49. The van der Waals surface area contributed by atoms with Crippen LogP contribution in [0.4, 0.5) is 0 Å². The smallest absolute Gasteiger partial charge is 0.257 e. The number of nitrogens with two attached hydrogens (primary N) is 1. The Balaban J connectivity index is 1.69. The van der Waals surface area contributed by atoms with Gasteiger partial charge in [0.2, 0.25) is 11.8 Å². The molecule has 0 unspecified atom stereocenters. The van der Waals surface area contributed by atoms with E-state index in [9.17, 15) is 9.90 Å². The number of aromatic nitrogens is 4. The van der Waals surface area contributed by atoms with Crippen LogP contribution in [0.5, 0.6) is 5.88 Å². The van der Waals surface area contributed by atoms with Gasteiger partial charge in [-0.05, 0) is 29.2 Å². The van der Waals surface area contributed by atoms with Gasteiger partial charge in [0, 0.05) is 17.5 Å². The molecule has 0 atom stereocenters. The molecule has 29 heavy (non-hydrogen) atoms. The average Bonchev–Trinajstić information content (AvgIpc) is 3.20. The molecule has 0 aliphatic carbocycles. The molecular formula is C22H21N5O2. The van der Waals surface area contributed by atoms with Gasteiger partial charge in [-0.1, -0.05) is 55.8 Å². The maximum Gasteiger partial charge on any atom is 0.257 e. The van der Waals surface area contributed by atoms with E-state index in [0.29, 0.717) is 17.8 Å². The van der Waals surface area contributed by atoms with Crippen molar-refractivity contribution in [3.63, 3.8) is 0 Å². The van der Waals surface area contributed by atoms with E-state index in [4.69, 9.17) is 5.73 Å². The van der Waals surface area contributed by atoms with Crippen LogP contribution >= 0.6 is 0 Å². The van der Waals surface area contributed by atoms with Gasteiger partial charge >= 0.3 is 0 Å². The Morgan fingerprint density at radius 3 is 2.62 bits per heavy atom. The molecule has 0 fully saturated rings. The third-order valence-electron chi connectivity index (χ3n) is 4.94. The predicted molar refractivity (Wildman–Crippen MR) is 110 cm³/mol. The lowest BCUT2D eigenvalue weighted by Crippen LogP contribution is -2.12. The fourth-order valence-corrected chi connectivity index (χ4v) is 3.50. The van der Waals surface area contributed by atoms with Crippen molar-refractivity contribution in [3.8, 4) is 17.0 Å². The number of carbonyl (C=O) groups is 1. The summed E-state index contributed by atoms with van der Waals surface area (Å²) in [5, 5.41) is 18.5. The number of aryl methyl sites for hydroxylation is 1. The first-order chi connectivity index (χ1) is 14.1. The number of hydrogen-bond acceptors (Lipinski definition) is 5. The van der Waals surface area contributed by atoms with Gasteiger partial charge in [-0.2, -0.15) is 0 Å². The number of carbonyl (C=O) groups excluding carboxylic acids is 1. The van der Waals surface area contributed by atoms with Crippen molar-refractivity contribution in [1.82, 2.24) is 19.6 Å². The van der Waals surface area contributed by atoms with Crippen LogP contribution in [0.15, 0.2) is 54.9 Å². The third-order valence-corrected chi connectivity index (χ3v) is 4.94. The zero-order chi connectivity index (χ0) is 20.4. The van der Waals surface area contributed by atoms with Crippen LogP contribution in [-0.4, -0.2) is 30.6 Å². The second kappa shape index (κ2) is 7.71. The van der Waals surface area contributed by atoms with Gasteiger partial charge in [0.25, 0.3) is 5.78 Å². The van der Waals surface area contributed by atoms with Crippen LogP contribution < -0.4 is 5.73 Å². The number of aromatic hydroxyl groups is 1. The topological polar surface area (TPSA) is 106 Å². The summed E-state index contributed by atoms with van der Waals surface area (Å²) >= 11 is 0. The Hall–Kier alpha value is -3.74. The minimum atomic E-state index is -0.452. The lowest BCUT2D eigenvalue weighted by atomic mass is 9.96. The first-order valence-corrected chi connectivity index (χ1v) is 9.47. The van der Waals surface area contributed by atoms with E-state index in [2.05, 4.69) is 22.1 Å². The molecule has 7 heteroatoms. The third kappa shape index (κ3) is 3.54. The Kier molecular flexibility index (Phi) is 4.95. The molecule has 2 aromatic carbocycles. The van der Waals surface area contributed by atoms with E-state index in [0.717, 1.165) is 40.8 Å². The molecule has 0 bridgehead atoms. The molecule has 4 rings (SSSR count). The molecule has 0 aliphatic rings. The monoisotopic (exact) mass is 387 g/mol. The van der Waals surface area contributed by atoms with Crippen LogP contribution in [0, 0.1) is 0 Å². The zero-order valence-electron chi connectivity index (χ0n) is 16.0. The van der Waals surface area contributed by atoms with Crippen LogP contribution in [0.3, 0.4) is 0 Å². The average molecular weight is 387 g/mol. The van der Waals surface area contributed by atoms with Crippen molar-refractivity contribution in [1.29, 1.82) is 0 Å². The van der Waals surface area contributed by atoms with Gasteiger partial charge in [-0.15, -0.1) is 10.2 Å². The highest BCUT2D eigenvalue weighted by atomic mass is 16.3. The molecule has 0 aliphatic heterocycles. The Bertz CT molecular complexity index is 1180. The lowest BCUT2D eigenvalue weighted by molar-refractivity contribution is 0.100. The Labute approximate surface area is 167 Å². The van der Waals surface area contributed by atoms with Gasteiger partial charge in [0.05, 0.1) is 5.69 Å². The highest BCUT2D eigenvalue weighted by Crippen LogP contribution is 2.28. The largest absolute Gasteiger partial charge is 0.494 e. The van der Waals surface area contributed by atoms with Crippen molar-refractivity contribution in [2.75, 3.05) is 0 Å². The molecular weight excluding hydrogens is 366 g/mol. The zero-order valence-corrected chi connectivity index (χ0v) is 16.0. The molecule has 0 spiro atoms. The fraction of sp³-hybridized carbons (Fsp3) is 0.182. The highest BCUT2D eigenvalue weighted by molar-refractivity contribution is 5.99. The van der Waals surface area contributed by atoms with Crippen molar-refractivity contribution in [3.05, 3.63) is 77.2 Å². The van der Waals surface area contributed by atoms with Crippen molar-refractivity contribution < 1.29 is 9.90 Å². The molecule has 3 N–H and O–H groups in total. The minimum absolute atomic E-state index is 0.117. The van der Waals surface area contributed by atoms with Crippen molar-refractivity contribution in [2.45, 2.75) is 26.2 Å². The van der Waals surface area contributed by atoms with E-state index >= 15 is 0 Å². The Morgan fingerprint density at radius 1 is 1.14 bits per heavy atom. The lowest BCUT2D eigenvalue weighted by Gasteiger charge is -2.12. The van der Waals surface area contributed by atoms with E-state index in [1.54, 1.807) is 12.1 Å². The van der Waals surface area contributed by atoms with E-state index < -0.39 is 5.91 Å². The van der Waals surface area contributed by atoms with Crippen molar-refractivity contribution >= 4 is 11.7 Å². The first-order valence-electron chi connectivity index (χ1n) is 9.47. The van der Waals surface area contributed by atoms with Crippen LogP contribution in [-0.2, 0) is 12.8 Å². The SMILES string of the molecule is CCCc1nc2nncn2c(O)c1Cc1ccc(-c2ccccc2C(N)=O)cc1. The summed E-state index contributed by atoms with van der Waals surface area (Å²) in [6.45, 7) is 2.07. The Morgan fingerprint density at radius 2 is 1.90 bits per heavy atom. The molecule has 0 saturated carbocycles. The summed E-state index contributed by atoms with van der Waals surface area (Å²) in [6, 6.07) is 15.2. The maximum absolute atomic E-state index is 11.7. The number of nitrogens with zero attached hydrogens (tertiary/aromatic N) is 4. The molecule has 1 amide bonds. The molecule has 146 valence electrons. The van der Waals surface area contributed by atoms with E-state index in [1.807, 2.05) is 36.4 Å². The molecule has 2 heterocycles. The molecule has 4 aromatic rings. The molecule has 0 saturated heterocycles. The van der Waals surface area contributed by atoms with Gasteiger partial charge in [-0.25, -0.2) is 9.38 Å². The summed E-state index contributed by atoms with van der Waals surface area (Å²) in [7, 11) is 0. The quantitative estimate of drug-likeness (QED) is 0.529. The van der Waals surface area contributed by atoms with Crippen LogP contribution in [0.25, 0.3) is 16.9 Å². The van der Waals surface area contributed by atoms with Gasteiger partial charge in [-0.3, -0.25) is 4.79 Å². The summed E-state index contributed by atoms with van der Waals surface area (Å²) in [4.78, 5) is 16.3. The van der Waals surface area contributed by atoms with E-state index in [1.165, 1.54) is 10.7 Å². The normalized spacial score (nSPS) is 11.1. The standard InChI is InChI=1S/C22H21N5O2/c1-2-5-19-18(21(29)27-13-24-26-22(27)25-19)12-14-8-10-15(11-9-14)16-6-3-4-7-17(16)20(23)28/h3-4,6-11,13,29H,2,5,12H2,1H3,(H2,23,28). The first kappa shape index (κ1) is 18.6. The fourth-order valence-electron chi connectivity index (χ4n) is 3.50. The van der Waals surface area contributed by atoms with Gasteiger partial charge in [0.1, 0.15) is 6.33 Å².